The average molecular weight is 515 g/mol. The highest BCUT2D eigenvalue weighted by molar-refractivity contribution is 6.08. The zero-order valence-electron chi connectivity index (χ0n) is 22.7. The van der Waals surface area contributed by atoms with E-state index in [9.17, 15) is 4.79 Å². The van der Waals surface area contributed by atoms with E-state index in [2.05, 4.69) is 46.3 Å². The van der Waals surface area contributed by atoms with Crippen LogP contribution in [0.3, 0.4) is 0 Å². The molecule has 1 saturated heterocycles. The van der Waals surface area contributed by atoms with Gasteiger partial charge in [-0.1, -0.05) is 24.3 Å². The Morgan fingerprint density at radius 3 is 2.55 bits per heavy atom. The molecule has 3 aromatic rings. The summed E-state index contributed by atoms with van der Waals surface area (Å²) in [4.78, 5) is 20.2. The molecule has 2 aliphatic heterocycles. The molecule has 0 spiro atoms. The third-order valence-electron chi connectivity index (χ3n) is 7.32. The Bertz CT molecular complexity index is 1240. The molecule has 0 saturated carbocycles. The van der Waals surface area contributed by atoms with Gasteiger partial charge >= 0.3 is 0 Å². The summed E-state index contributed by atoms with van der Waals surface area (Å²) in [6.45, 7) is 7.55. The Hall–Kier alpha value is -3.55. The van der Waals surface area contributed by atoms with Crippen LogP contribution in [0.2, 0.25) is 0 Å². The number of nitrogens with zero attached hydrogens (tertiary/aromatic N) is 3. The predicted molar refractivity (Wildman–Crippen MR) is 155 cm³/mol. The van der Waals surface area contributed by atoms with Crippen molar-refractivity contribution in [3.05, 3.63) is 72.3 Å². The van der Waals surface area contributed by atoms with E-state index in [-0.39, 0.29) is 5.91 Å². The second-order valence-electron chi connectivity index (χ2n) is 10.3. The number of fused-ring (bicyclic) bond motifs is 1. The number of para-hydroxylation sites is 2. The van der Waals surface area contributed by atoms with Crippen LogP contribution < -0.4 is 19.9 Å². The van der Waals surface area contributed by atoms with Gasteiger partial charge in [0.15, 0.2) is 0 Å². The zero-order chi connectivity index (χ0) is 26.5. The van der Waals surface area contributed by atoms with Crippen LogP contribution in [-0.4, -0.2) is 76.9 Å². The van der Waals surface area contributed by atoms with Crippen LogP contribution in [0.15, 0.2) is 66.7 Å². The number of nitrogens with one attached hydrogen (secondary N) is 1. The fourth-order valence-corrected chi connectivity index (χ4v) is 5.04. The van der Waals surface area contributed by atoms with Crippen LogP contribution in [0.1, 0.15) is 23.7 Å². The van der Waals surface area contributed by atoms with Crippen molar-refractivity contribution >= 4 is 23.0 Å². The summed E-state index contributed by atoms with van der Waals surface area (Å²) in [6, 6.07) is 22.6. The molecule has 1 fully saturated rings. The maximum atomic E-state index is 13.9. The molecule has 7 heteroatoms. The lowest BCUT2D eigenvalue weighted by atomic mass is 10.0. The number of morpholine rings is 1. The molecule has 1 atom stereocenters. The minimum absolute atomic E-state index is 0.0131. The van der Waals surface area contributed by atoms with Gasteiger partial charge in [0.1, 0.15) is 12.4 Å². The van der Waals surface area contributed by atoms with Crippen molar-refractivity contribution in [2.24, 2.45) is 0 Å². The highest BCUT2D eigenvalue weighted by atomic mass is 16.5. The first kappa shape index (κ1) is 26.1. The standard InChI is InChI=1S/C31H38N4O3/c1-23-14-15-35(29-7-5-4-6-28(29)32-23)31(36)25-10-13-27(24-8-11-26(12-9-24)33(2)3)30(22-25)38-21-18-34-16-19-37-20-17-34/h4-13,22-23,32H,14-21H2,1-3H3/t23-/m0/s1. The summed E-state index contributed by atoms with van der Waals surface area (Å²) in [5.41, 5.74) is 5.72. The lowest BCUT2D eigenvalue weighted by Gasteiger charge is -2.26. The molecule has 5 rings (SSSR count). The van der Waals surface area contributed by atoms with Crippen molar-refractivity contribution < 1.29 is 14.3 Å². The SMILES string of the molecule is C[C@H]1CCN(C(=O)c2ccc(-c3ccc(N(C)C)cc3)c(OCCN3CCOCC3)c2)c2ccccc2N1. The fraction of sp³-hybridized carbons (Fsp3) is 0.387. The van der Waals surface area contributed by atoms with Gasteiger partial charge in [-0.2, -0.15) is 0 Å². The third-order valence-corrected chi connectivity index (χ3v) is 7.32. The number of ether oxygens (including phenoxy) is 2. The molecule has 2 heterocycles. The lowest BCUT2D eigenvalue weighted by Crippen LogP contribution is -2.38. The van der Waals surface area contributed by atoms with E-state index >= 15 is 0 Å². The van der Waals surface area contributed by atoms with E-state index in [0.717, 1.165) is 73.2 Å². The first-order chi connectivity index (χ1) is 18.5. The smallest absolute Gasteiger partial charge is 0.258 e. The normalized spacial score (nSPS) is 17.8. The molecule has 0 aliphatic carbocycles. The molecule has 0 radical (unpaired) electrons. The van der Waals surface area contributed by atoms with Crippen molar-refractivity contribution in [3.8, 4) is 16.9 Å². The van der Waals surface area contributed by atoms with Gasteiger partial charge < -0.3 is 24.6 Å². The largest absolute Gasteiger partial charge is 0.492 e. The topological polar surface area (TPSA) is 57.3 Å². The Kier molecular flexibility index (Phi) is 8.15. The van der Waals surface area contributed by atoms with Crippen LogP contribution >= 0.6 is 0 Å². The first-order valence-electron chi connectivity index (χ1n) is 13.5. The molecule has 38 heavy (non-hydrogen) atoms. The number of benzene rings is 3. The average Bonchev–Trinajstić information content (AvgIpc) is 3.11. The Morgan fingerprint density at radius 2 is 1.79 bits per heavy atom. The summed E-state index contributed by atoms with van der Waals surface area (Å²) in [7, 11) is 4.07. The fourth-order valence-electron chi connectivity index (χ4n) is 5.04. The van der Waals surface area contributed by atoms with Crippen molar-refractivity contribution in [2.45, 2.75) is 19.4 Å². The van der Waals surface area contributed by atoms with Crippen LogP contribution in [0.25, 0.3) is 11.1 Å². The van der Waals surface area contributed by atoms with E-state index in [0.29, 0.717) is 24.8 Å². The summed E-state index contributed by atoms with van der Waals surface area (Å²) < 4.78 is 11.9. The summed E-state index contributed by atoms with van der Waals surface area (Å²) in [5, 5.41) is 3.54. The van der Waals surface area contributed by atoms with Gasteiger partial charge in [-0.25, -0.2) is 0 Å². The number of rotatable bonds is 7. The predicted octanol–water partition coefficient (Wildman–Crippen LogP) is 4.98. The molecule has 1 N–H and O–H groups in total. The molecular formula is C31H38N4O3. The number of hydrogen-bond acceptors (Lipinski definition) is 6. The first-order valence-corrected chi connectivity index (χ1v) is 13.5. The maximum absolute atomic E-state index is 13.9. The number of anilines is 3. The van der Waals surface area contributed by atoms with E-state index < -0.39 is 0 Å². The van der Waals surface area contributed by atoms with Gasteiger partial charge in [-0.3, -0.25) is 9.69 Å². The van der Waals surface area contributed by atoms with Crippen molar-refractivity contribution in [3.63, 3.8) is 0 Å². The third kappa shape index (κ3) is 5.95. The van der Waals surface area contributed by atoms with Gasteiger partial charge in [0.25, 0.3) is 5.91 Å². The van der Waals surface area contributed by atoms with Crippen LogP contribution in [0.5, 0.6) is 5.75 Å². The van der Waals surface area contributed by atoms with Gasteiger partial charge in [0.2, 0.25) is 0 Å². The second-order valence-corrected chi connectivity index (χ2v) is 10.3. The van der Waals surface area contributed by atoms with E-state index in [4.69, 9.17) is 9.47 Å². The van der Waals surface area contributed by atoms with Crippen molar-refractivity contribution in [1.82, 2.24) is 4.90 Å². The highest BCUT2D eigenvalue weighted by Gasteiger charge is 2.25. The van der Waals surface area contributed by atoms with Crippen molar-refractivity contribution in [2.75, 3.05) is 75.2 Å². The lowest BCUT2D eigenvalue weighted by molar-refractivity contribution is 0.0323. The minimum atomic E-state index is -0.0131. The molecule has 2 aliphatic rings. The Balaban J connectivity index is 1.43. The molecule has 3 aromatic carbocycles. The molecule has 200 valence electrons. The number of hydrogen-bond donors (Lipinski definition) is 1. The summed E-state index contributed by atoms with van der Waals surface area (Å²) in [6.07, 6.45) is 0.875. The molecule has 7 nitrogen and oxygen atoms in total. The van der Waals surface area contributed by atoms with E-state index in [1.54, 1.807) is 0 Å². The minimum Gasteiger partial charge on any atom is -0.492 e. The van der Waals surface area contributed by atoms with Gasteiger partial charge in [-0.05, 0) is 61.4 Å². The van der Waals surface area contributed by atoms with Gasteiger partial charge in [-0.15, -0.1) is 0 Å². The number of amides is 1. The Morgan fingerprint density at radius 1 is 1.03 bits per heavy atom. The monoisotopic (exact) mass is 514 g/mol. The van der Waals surface area contributed by atoms with E-state index in [1.165, 1.54) is 0 Å². The highest BCUT2D eigenvalue weighted by Crippen LogP contribution is 2.35. The quantitative estimate of drug-likeness (QED) is 0.480. The molecule has 0 unspecified atom stereocenters. The summed E-state index contributed by atoms with van der Waals surface area (Å²) in [5.74, 6) is 0.720. The van der Waals surface area contributed by atoms with Gasteiger partial charge in [0, 0.05) is 63.1 Å². The van der Waals surface area contributed by atoms with Gasteiger partial charge in [0.05, 0.1) is 24.6 Å². The molecule has 0 aromatic heterocycles. The Labute approximate surface area is 225 Å². The van der Waals surface area contributed by atoms with Crippen LogP contribution in [0.4, 0.5) is 17.1 Å². The molecule has 0 bridgehead atoms. The zero-order valence-corrected chi connectivity index (χ0v) is 22.7. The molecular weight excluding hydrogens is 476 g/mol. The number of carbonyl (C=O) groups excluding carboxylic acids is 1. The van der Waals surface area contributed by atoms with Crippen LogP contribution in [-0.2, 0) is 4.74 Å². The maximum Gasteiger partial charge on any atom is 0.258 e. The second kappa shape index (κ2) is 11.9. The van der Waals surface area contributed by atoms with Crippen LogP contribution in [0, 0.1) is 0 Å². The number of carbonyl (C=O) groups is 1. The summed E-state index contributed by atoms with van der Waals surface area (Å²) >= 11 is 0. The van der Waals surface area contributed by atoms with Crippen molar-refractivity contribution in [1.29, 1.82) is 0 Å². The van der Waals surface area contributed by atoms with E-state index in [1.807, 2.05) is 61.5 Å². The molecule has 1 amide bonds.